The molecule has 0 aliphatic heterocycles. The second kappa shape index (κ2) is 4.29. The molecule has 0 aromatic heterocycles. The lowest BCUT2D eigenvalue weighted by molar-refractivity contribution is -0.129. The standard InChI is InChI=1S/C13H22O/c1-5-8-13(3,4)11-7-6-10(2)9-12(11)14/h5,10-11H,1,6-9H2,2-4H3/t10-,11-/m1/s1. The highest BCUT2D eigenvalue weighted by atomic mass is 16.1. The third-order valence-electron chi connectivity index (χ3n) is 3.50. The number of carbonyl (C=O) groups excluding carboxylic acids is 1. The van der Waals surface area contributed by atoms with E-state index in [2.05, 4.69) is 27.4 Å². The van der Waals surface area contributed by atoms with Gasteiger partial charge in [0, 0.05) is 12.3 Å². The molecule has 80 valence electrons. The molecule has 0 saturated heterocycles. The summed E-state index contributed by atoms with van der Waals surface area (Å²) in [6, 6.07) is 0. The van der Waals surface area contributed by atoms with Crippen LogP contribution >= 0.6 is 0 Å². The summed E-state index contributed by atoms with van der Waals surface area (Å²) in [6.07, 6.45) is 5.94. The fourth-order valence-electron chi connectivity index (χ4n) is 2.54. The largest absolute Gasteiger partial charge is 0.299 e. The third-order valence-corrected chi connectivity index (χ3v) is 3.50. The van der Waals surface area contributed by atoms with Crippen molar-refractivity contribution in [2.75, 3.05) is 0 Å². The second-order valence-corrected chi connectivity index (χ2v) is 5.39. The lowest BCUT2D eigenvalue weighted by Crippen LogP contribution is -2.35. The highest BCUT2D eigenvalue weighted by molar-refractivity contribution is 5.82. The number of rotatable bonds is 3. The summed E-state index contributed by atoms with van der Waals surface area (Å²) in [5, 5.41) is 0. The molecule has 0 amide bonds. The number of hydrogen-bond donors (Lipinski definition) is 0. The molecule has 0 radical (unpaired) electrons. The van der Waals surface area contributed by atoms with Crippen LogP contribution in [0.5, 0.6) is 0 Å². The third kappa shape index (κ3) is 2.46. The van der Waals surface area contributed by atoms with Crippen LogP contribution in [0.2, 0.25) is 0 Å². The number of Topliss-reactive ketones (excluding diaryl/α,β-unsaturated/α-hetero) is 1. The van der Waals surface area contributed by atoms with E-state index >= 15 is 0 Å². The highest BCUT2D eigenvalue weighted by Crippen LogP contribution is 2.40. The van der Waals surface area contributed by atoms with Gasteiger partial charge in [-0.25, -0.2) is 0 Å². The SMILES string of the molecule is C=CCC(C)(C)[C@@H]1CC[C@@H](C)CC1=O. The molecule has 1 rings (SSSR count). The summed E-state index contributed by atoms with van der Waals surface area (Å²) in [5.41, 5.74) is 0.110. The molecule has 1 heteroatoms. The summed E-state index contributed by atoms with van der Waals surface area (Å²) < 4.78 is 0. The van der Waals surface area contributed by atoms with E-state index in [0.29, 0.717) is 11.7 Å². The summed E-state index contributed by atoms with van der Waals surface area (Å²) >= 11 is 0. The quantitative estimate of drug-likeness (QED) is 0.627. The molecule has 0 aromatic rings. The molecule has 14 heavy (non-hydrogen) atoms. The van der Waals surface area contributed by atoms with Gasteiger partial charge < -0.3 is 0 Å². The molecule has 1 saturated carbocycles. The van der Waals surface area contributed by atoms with E-state index in [1.54, 1.807) is 0 Å². The van der Waals surface area contributed by atoms with Gasteiger partial charge in [0.2, 0.25) is 0 Å². The predicted molar refractivity (Wildman–Crippen MR) is 60.1 cm³/mol. The van der Waals surface area contributed by atoms with Gasteiger partial charge in [-0.2, -0.15) is 0 Å². The lowest BCUT2D eigenvalue weighted by Gasteiger charge is -2.36. The van der Waals surface area contributed by atoms with Crippen LogP contribution < -0.4 is 0 Å². The maximum absolute atomic E-state index is 11.9. The first-order valence-corrected chi connectivity index (χ1v) is 5.61. The molecule has 1 aliphatic rings. The lowest BCUT2D eigenvalue weighted by atomic mass is 9.67. The van der Waals surface area contributed by atoms with Gasteiger partial charge in [0.15, 0.2) is 0 Å². The maximum Gasteiger partial charge on any atom is 0.136 e. The van der Waals surface area contributed by atoms with Crippen molar-refractivity contribution in [2.45, 2.75) is 46.5 Å². The second-order valence-electron chi connectivity index (χ2n) is 5.39. The summed E-state index contributed by atoms with van der Waals surface area (Å²) in [5.74, 6) is 1.32. The van der Waals surface area contributed by atoms with Crippen molar-refractivity contribution in [1.29, 1.82) is 0 Å². The average molecular weight is 194 g/mol. The number of carbonyl (C=O) groups is 1. The summed E-state index contributed by atoms with van der Waals surface area (Å²) in [4.78, 5) is 11.9. The minimum absolute atomic E-state index is 0.110. The fraction of sp³-hybridized carbons (Fsp3) is 0.769. The van der Waals surface area contributed by atoms with Gasteiger partial charge in [0.05, 0.1) is 0 Å². The van der Waals surface area contributed by atoms with E-state index in [4.69, 9.17) is 0 Å². The van der Waals surface area contributed by atoms with E-state index in [9.17, 15) is 4.79 Å². The number of hydrogen-bond acceptors (Lipinski definition) is 1. The van der Waals surface area contributed by atoms with Crippen LogP contribution in [-0.2, 0) is 4.79 Å². The first-order chi connectivity index (χ1) is 6.47. The van der Waals surface area contributed by atoms with E-state index in [-0.39, 0.29) is 11.3 Å². The molecule has 0 spiro atoms. The number of ketones is 1. The molecular formula is C13H22O. The molecule has 1 aliphatic carbocycles. The normalized spacial score (nSPS) is 28.9. The molecular weight excluding hydrogens is 172 g/mol. The smallest absolute Gasteiger partial charge is 0.136 e. The Labute approximate surface area is 87.6 Å². The molecule has 2 atom stereocenters. The molecule has 0 heterocycles. The van der Waals surface area contributed by atoms with Crippen LogP contribution in [-0.4, -0.2) is 5.78 Å². The monoisotopic (exact) mass is 194 g/mol. The Hall–Kier alpha value is -0.590. The summed E-state index contributed by atoms with van der Waals surface area (Å²) in [6.45, 7) is 10.3. The zero-order valence-electron chi connectivity index (χ0n) is 9.68. The zero-order chi connectivity index (χ0) is 10.8. The Morgan fingerprint density at radius 2 is 2.14 bits per heavy atom. The maximum atomic E-state index is 11.9. The van der Waals surface area contributed by atoms with Crippen LogP contribution in [0, 0.1) is 17.3 Å². The predicted octanol–water partition coefficient (Wildman–Crippen LogP) is 3.59. The van der Waals surface area contributed by atoms with Crippen molar-refractivity contribution in [3.05, 3.63) is 12.7 Å². The van der Waals surface area contributed by atoms with Crippen LogP contribution in [0.25, 0.3) is 0 Å². The van der Waals surface area contributed by atoms with Gasteiger partial charge in [-0.1, -0.05) is 26.8 Å². The van der Waals surface area contributed by atoms with Gasteiger partial charge in [0.25, 0.3) is 0 Å². The van der Waals surface area contributed by atoms with Crippen molar-refractivity contribution in [3.63, 3.8) is 0 Å². The summed E-state index contributed by atoms with van der Waals surface area (Å²) in [7, 11) is 0. The van der Waals surface area contributed by atoms with Gasteiger partial charge >= 0.3 is 0 Å². The van der Waals surface area contributed by atoms with Crippen molar-refractivity contribution >= 4 is 5.78 Å². The van der Waals surface area contributed by atoms with E-state index in [1.165, 1.54) is 6.42 Å². The zero-order valence-corrected chi connectivity index (χ0v) is 9.68. The van der Waals surface area contributed by atoms with E-state index < -0.39 is 0 Å². The molecule has 1 nitrogen and oxygen atoms in total. The first kappa shape index (κ1) is 11.5. The number of allylic oxidation sites excluding steroid dienone is 1. The minimum Gasteiger partial charge on any atom is -0.299 e. The van der Waals surface area contributed by atoms with Crippen molar-refractivity contribution in [2.24, 2.45) is 17.3 Å². The van der Waals surface area contributed by atoms with Gasteiger partial charge in [-0.05, 0) is 30.6 Å². The fourth-order valence-corrected chi connectivity index (χ4v) is 2.54. The van der Waals surface area contributed by atoms with E-state index in [0.717, 1.165) is 19.3 Å². The Morgan fingerprint density at radius 3 is 2.64 bits per heavy atom. The Kier molecular flexibility index (Phi) is 3.52. The molecule has 0 N–H and O–H groups in total. The van der Waals surface area contributed by atoms with Gasteiger partial charge in [-0.3, -0.25) is 4.79 Å². The topological polar surface area (TPSA) is 17.1 Å². The molecule has 0 aromatic carbocycles. The molecule has 0 unspecified atom stereocenters. The highest BCUT2D eigenvalue weighted by Gasteiger charge is 2.36. The van der Waals surface area contributed by atoms with Crippen molar-refractivity contribution in [1.82, 2.24) is 0 Å². The first-order valence-electron chi connectivity index (χ1n) is 5.61. The minimum atomic E-state index is 0.110. The molecule has 0 bridgehead atoms. The van der Waals surface area contributed by atoms with Gasteiger partial charge in [0.1, 0.15) is 5.78 Å². The van der Waals surface area contributed by atoms with Crippen LogP contribution in [0.4, 0.5) is 0 Å². The van der Waals surface area contributed by atoms with Crippen molar-refractivity contribution < 1.29 is 4.79 Å². The Balaban J connectivity index is 2.68. The van der Waals surface area contributed by atoms with Gasteiger partial charge in [-0.15, -0.1) is 6.58 Å². The van der Waals surface area contributed by atoms with E-state index in [1.807, 2.05) is 6.08 Å². The van der Waals surface area contributed by atoms with Crippen LogP contribution in [0.15, 0.2) is 12.7 Å². The van der Waals surface area contributed by atoms with Crippen LogP contribution in [0.1, 0.15) is 46.5 Å². The molecule has 1 fully saturated rings. The van der Waals surface area contributed by atoms with Crippen molar-refractivity contribution in [3.8, 4) is 0 Å². The average Bonchev–Trinajstić information content (AvgIpc) is 2.02. The Morgan fingerprint density at radius 1 is 1.50 bits per heavy atom. The van der Waals surface area contributed by atoms with Crippen LogP contribution in [0.3, 0.4) is 0 Å². The Bertz CT molecular complexity index is 227.